The zero-order chi connectivity index (χ0) is 26.1. The number of carbonyl (C=O) groups is 3. The highest BCUT2D eigenvalue weighted by Gasteiger charge is 2.22. The van der Waals surface area contributed by atoms with Crippen LogP contribution in [-0.4, -0.2) is 64.9 Å². The standard InChI is InChI=1S/C23H28ClN5O6S/c1-36(33,34)25-12-2-3-20(28-23(32)27-18-6-4-16(24)5-7-18)22(31)26-17-8-10-19(11-9-17)29-13-14-35-15-21(29)30/h4-11,20,25H,2-3,12-15H2,1H3,(H,26,31)(H2,27,28,32)/t20-/m1/s1. The van der Waals surface area contributed by atoms with Crippen molar-refractivity contribution in [3.8, 4) is 0 Å². The maximum atomic E-state index is 13.0. The summed E-state index contributed by atoms with van der Waals surface area (Å²) in [5.41, 5.74) is 1.65. The molecule has 1 atom stereocenters. The fourth-order valence-electron chi connectivity index (χ4n) is 3.44. The summed E-state index contributed by atoms with van der Waals surface area (Å²) in [6, 6.07) is 11.7. The first-order chi connectivity index (χ1) is 17.1. The number of morpholine rings is 1. The zero-order valence-corrected chi connectivity index (χ0v) is 21.2. The maximum Gasteiger partial charge on any atom is 0.319 e. The first kappa shape index (κ1) is 27.4. The van der Waals surface area contributed by atoms with Crippen LogP contribution < -0.4 is 25.6 Å². The van der Waals surface area contributed by atoms with E-state index in [4.69, 9.17) is 16.3 Å². The van der Waals surface area contributed by atoms with Gasteiger partial charge in [-0.25, -0.2) is 17.9 Å². The minimum absolute atomic E-state index is 0.0259. The fraction of sp³-hybridized carbons (Fsp3) is 0.348. The number of anilines is 3. The van der Waals surface area contributed by atoms with E-state index in [1.165, 1.54) is 0 Å². The lowest BCUT2D eigenvalue weighted by Gasteiger charge is -2.27. The van der Waals surface area contributed by atoms with E-state index in [9.17, 15) is 22.8 Å². The van der Waals surface area contributed by atoms with Crippen molar-refractivity contribution in [3.63, 3.8) is 0 Å². The first-order valence-corrected chi connectivity index (χ1v) is 13.4. The van der Waals surface area contributed by atoms with E-state index in [1.807, 2.05) is 0 Å². The SMILES string of the molecule is CS(=O)(=O)NCCC[C@@H](NC(=O)Nc1ccc(Cl)cc1)C(=O)Nc1ccc(N2CCOCC2=O)cc1. The van der Waals surface area contributed by atoms with Crippen LogP contribution in [0.3, 0.4) is 0 Å². The molecule has 0 spiro atoms. The van der Waals surface area contributed by atoms with E-state index in [0.29, 0.717) is 41.7 Å². The number of nitrogens with one attached hydrogen (secondary N) is 4. The molecule has 11 nitrogen and oxygen atoms in total. The molecule has 0 bridgehead atoms. The molecule has 0 unspecified atom stereocenters. The second-order valence-electron chi connectivity index (χ2n) is 8.10. The summed E-state index contributed by atoms with van der Waals surface area (Å²) >= 11 is 5.86. The average Bonchev–Trinajstić information content (AvgIpc) is 2.83. The number of nitrogens with zero attached hydrogens (tertiary/aromatic N) is 1. The summed E-state index contributed by atoms with van der Waals surface area (Å²) in [6.45, 7) is 1.04. The highest BCUT2D eigenvalue weighted by Crippen LogP contribution is 2.20. The predicted octanol–water partition coefficient (Wildman–Crippen LogP) is 2.16. The molecule has 36 heavy (non-hydrogen) atoms. The van der Waals surface area contributed by atoms with Gasteiger partial charge in [0.05, 0.1) is 12.9 Å². The molecule has 3 rings (SSSR count). The number of carbonyl (C=O) groups excluding carboxylic acids is 3. The second-order valence-corrected chi connectivity index (χ2v) is 10.4. The Balaban J connectivity index is 1.63. The molecule has 4 N–H and O–H groups in total. The Kier molecular flexibility index (Phi) is 9.65. The molecule has 1 fully saturated rings. The molecular formula is C23H28ClN5O6S. The zero-order valence-electron chi connectivity index (χ0n) is 19.6. The number of urea groups is 1. The number of benzene rings is 2. The molecule has 2 aromatic carbocycles. The molecule has 1 heterocycles. The fourth-order valence-corrected chi connectivity index (χ4v) is 4.08. The van der Waals surface area contributed by atoms with Gasteiger partial charge < -0.3 is 25.6 Å². The van der Waals surface area contributed by atoms with Crippen LogP contribution in [0.25, 0.3) is 0 Å². The molecule has 194 valence electrons. The van der Waals surface area contributed by atoms with E-state index in [-0.39, 0.29) is 25.5 Å². The minimum Gasteiger partial charge on any atom is -0.370 e. The summed E-state index contributed by atoms with van der Waals surface area (Å²) < 4.78 is 30.1. The third-order valence-corrected chi connectivity index (χ3v) is 6.17. The number of halogens is 1. The highest BCUT2D eigenvalue weighted by atomic mass is 35.5. The van der Waals surface area contributed by atoms with Gasteiger partial charge in [0.25, 0.3) is 5.91 Å². The van der Waals surface area contributed by atoms with Crippen molar-refractivity contribution in [3.05, 3.63) is 53.6 Å². The maximum absolute atomic E-state index is 13.0. The van der Waals surface area contributed by atoms with Crippen LogP contribution in [0, 0.1) is 0 Å². The van der Waals surface area contributed by atoms with Gasteiger partial charge in [0.1, 0.15) is 12.6 Å². The monoisotopic (exact) mass is 537 g/mol. The number of hydrogen-bond donors (Lipinski definition) is 4. The normalized spacial score (nSPS) is 14.7. The Morgan fingerprint density at radius 3 is 2.33 bits per heavy atom. The Morgan fingerprint density at radius 2 is 1.69 bits per heavy atom. The van der Waals surface area contributed by atoms with Gasteiger partial charge in [0, 0.05) is 35.2 Å². The van der Waals surface area contributed by atoms with Crippen LogP contribution >= 0.6 is 11.6 Å². The molecule has 0 aliphatic carbocycles. The van der Waals surface area contributed by atoms with Gasteiger partial charge in [-0.15, -0.1) is 0 Å². The molecule has 0 saturated carbocycles. The molecule has 1 aliphatic heterocycles. The number of hydrogen-bond acceptors (Lipinski definition) is 6. The van der Waals surface area contributed by atoms with E-state index in [1.54, 1.807) is 53.4 Å². The van der Waals surface area contributed by atoms with Gasteiger partial charge in [0.2, 0.25) is 15.9 Å². The van der Waals surface area contributed by atoms with Crippen LogP contribution in [0.4, 0.5) is 21.9 Å². The van der Waals surface area contributed by atoms with Gasteiger partial charge in [-0.2, -0.15) is 0 Å². The van der Waals surface area contributed by atoms with Crippen molar-refractivity contribution >= 4 is 56.5 Å². The first-order valence-electron chi connectivity index (χ1n) is 11.2. The number of rotatable bonds is 10. The lowest BCUT2D eigenvalue weighted by Crippen LogP contribution is -2.46. The van der Waals surface area contributed by atoms with E-state index in [2.05, 4.69) is 20.7 Å². The molecule has 1 saturated heterocycles. The van der Waals surface area contributed by atoms with Gasteiger partial charge >= 0.3 is 6.03 Å². The van der Waals surface area contributed by atoms with E-state index >= 15 is 0 Å². The molecule has 0 aromatic heterocycles. The molecule has 4 amide bonds. The van der Waals surface area contributed by atoms with Crippen LogP contribution in [0.5, 0.6) is 0 Å². The Hall–Kier alpha value is -3.19. The Bertz CT molecular complexity index is 1170. The minimum atomic E-state index is -3.37. The third kappa shape index (κ3) is 8.79. The van der Waals surface area contributed by atoms with Crippen molar-refractivity contribution in [2.24, 2.45) is 0 Å². The van der Waals surface area contributed by atoms with Gasteiger partial charge in [0.15, 0.2) is 0 Å². The number of ether oxygens (including phenoxy) is 1. The molecule has 0 radical (unpaired) electrons. The molecular weight excluding hydrogens is 510 g/mol. The lowest BCUT2D eigenvalue weighted by atomic mass is 10.1. The average molecular weight is 538 g/mol. The Morgan fingerprint density at radius 1 is 1.06 bits per heavy atom. The second kappa shape index (κ2) is 12.7. The van der Waals surface area contributed by atoms with Crippen LogP contribution in [-0.2, 0) is 24.3 Å². The third-order valence-electron chi connectivity index (χ3n) is 5.19. The summed E-state index contributed by atoms with van der Waals surface area (Å²) in [5.74, 6) is -0.618. The van der Waals surface area contributed by atoms with Crippen molar-refractivity contribution in [1.82, 2.24) is 10.0 Å². The smallest absolute Gasteiger partial charge is 0.319 e. The van der Waals surface area contributed by atoms with Gasteiger partial charge in [-0.1, -0.05) is 11.6 Å². The predicted molar refractivity (Wildman–Crippen MR) is 138 cm³/mol. The summed E-state index contributed by atoms with van der Waals surface area (Å²) in [7, 11) is -3.37. The van der Waals surface area contributed by atoms with Gasteiger partial charge in [-0.05, 0) is 61.4 Å². The van der Waals surface area contributed by atoms with E-state index in [0.717, 1.165) is 6.26 Å². The molecule has 1 aliphatic rings. The number of sulfonamides is 1. The van der Waals surface area contributed by atoms with Crippen molar-refractivity contribution in [2.75, 3.05) is 48.1 Å². The van der Waals surface area contributed by atoms with Crippen LogP contribution in [0.15, 0.2) is 48.5 Å². The highest BCUT2D eigenvalue weighted by molar-refractivity contribution is 7.88. The lowest BCUT2D eigenvalue weighted by molar-refractivity contribution is -0.125. The summed E-state index contributed by atoms with van der Waals surface area (Å²) in [4.78, 5) is 39.1. The van der Waals surface area contributed by atoms with Crippen LogP contribution in [0.2, 0.25) is 5.02 Å². The summed E-state index contributed by atoms with van der Waals surface area (Å²) in [6.07, 6.45) is 1.54. The van der Waals surface area contributed by atoms with Crippen molar-refractivity contribution in [2.45, 2.75) is 18.9 Å². The largest absolute Gasteiger partial charge is 0.370 e. The van der Waals surface area contributed by atoms with Gasteiger partial charge in [-0.3, -0.25) is 9.59 Å². The molecule has 2 aromatic rings. The summed E-state index contributed by atoms with van der Waals surface area (Å²) in [5, 5.41) is 8.53. The Labute approximate surface area is 214 Å². The quantitative estimate of drug-likeness (QED) is 0.342. The van der Waals surface area contributed by atoms with Crippen LogP contribution in [0.1, 0.15) is 12.8 Å². The van der Waals surface area contributed by atoms with Crippen molar-refractivity contribution in [1.29, 1.82) is 0 Å². The molecule has 13 heteroatoms. The topological polar surface area (TPSA) is 146 Å². The van der Waals surface area contributed by atoms with E-state index < -0.39 is 28.0 Å². The van der Waals surface area contributed by atoms with Crippen molar-refractivity contribution < 1.29 is 27.5 Å². The number of amides is 4.